The maximum atomic E-state index is 5.89. The van der Waals surface area contributed by atoms with Crippen LogP contribution in [-0.4, -0.2) is 30.6 Å². The molecule has 0 amide bonds. The van der Waals surface area contributed by atoms with E-state index < -0.39 is 0 Å². The molecule has 0 aliphatic rings. The zero-order valence-corrected chi connectivity index (χ0v) is 15.1. The van der Waals surface area contributed by atoms with E-state index >= 15 is 0 Å². The second-order valence-corrected chi connectivity index (χ2v) is 6.36. The van der Waals surface area contributed by atoms with Gasteiger partial charge in [-0.15, -0.1) is 0 Å². The first-order chi connectivity index (χ1) is 12.1. The maximum absolute atomic E-state index is 5.89. The highest BCUT2D eigenvalue weighted by Gasteiger charge is 1.99. The van der Waals surface area contributed by atoms with Gasteiger partial charge in [-0.25, -0.2) is 0 Å². The fraction of sp³-hybridized carbons (Fsp3) is 0.400. The van der Waals surface area contributed by atoms with Crippen molar-refractivity contribution in [3.05, 3.63) is 59.9 Å². The second-order valence-electron chi connectivity index (χ2n) is 6.36. The minimum atomic E-state index is 0.479. The van der Waals surface area contributed by atoms with E-state index in [9.17, 15) is 0 Å². The number of hydrogen-bond donors (Lipinski definition) is 2. The first kappa shape index (κ1) is 18.8. The van der Waals surface area contributed by atoms with Gasteiger partial charge in [-0.1, -0.05) is 32.0 Å². The van der Waals surface area contributed by atoms with Gasteiger partial charge in [-0.05, 0) is 42.2 Å². The molecular weight excluding hydrogens is 312 g/mol. The molecule has 1 aromatic heterocycles. The Morgan fingerprint density at radius 3 is 2.64 bits per heavy atom. The van der Waals surface area contributed by atoms with Crippen molar-refractivity contribution in [2.45, 2.75) is 26.7 Å². The molecule has 2 aromatic rings. The Labute approximate surface area is 150 Å². The Kier molecular flexibility index (Phi) is 7.76. The molecule has 0 saturated carbocycles. The summed E-state index contributed by atoms with van der Waals surface area (Å²) in [7, 11) is 0. The summed E-state index contributed by atoms with van der Waals surface area (Å²) in [6.07, 6.45) is 3.47. The second kappa shape index (κ2) is 10.3. The zero-order chi connectivity index (χ0) is 17.9. The van der Waals surface area contributed by atoms with E-state index in [1.165, 1.54) is 5.56 Å². The number of aromatic nitrogens is 1. The predicted molar refractivity (Wildman–Crippen MR) is 103 cm³/mol. The molecule has 2 rings (SSSR count). The normalized spacial score (nSPS) is 11.6. The van der Waals surface area contributed by atoms with E-state index in [0.717, 1.165) is 37.4 Å². The molecule has 5 heteroatoms. The average molecular weight is 340 g/mol. The Morgan fingerprint density at radius 2 is 1.96 bits per heavy atom. The van der Waals surface area contributed by atoms with Crippen molar-refractivity contribution in [2.24, 2.45) is 16.6 Å². The molecule has 1 heterocycles. The van der Waals surface area contributed by atoms with Crippen molar-refractivity contribution >= 4 is 5.96 Å². The number of guanidine groups is 1. The molecule has 5 nitrogen and oxygen atoms in total. The van der Waals surface area contributed by atoms with Crippen LogP contribution >= 0.6 is 0 Å². The van der Waals surface area contributed by atoms with Gasteiger partial charge in [0.25, 0.3) is 0 Å². The summed E-state index contributed by atoms with van der Waals surface area (Å²) in [5.41, 5.74) is 8.16. The van der Waals surface area contributed by atoms with Crippen molar-refractivity contribution in [1.82, 2.24) is 10.3 Å². The molecule has 0 fully saturated rings. The van der Waals surface area contributed by atoms with Crippen molar-refractivity contribution < 1.29 is 4.74 Å². The molecule has 25 heavy (non-hydrogen) atoms. The summed E-state index contributed by atoms with van der Waals surface area (Å²) in [4.78, 5) is 8.60. The van der Waals surface area contributed by atoms with Gasteiger partial charge >= 0.3 is 0 Å². The van der Waals surface area contributed by atoms with Gasteiger partial charge in [-0.2, -0.15) is 0 Å². The minimum Gasteiger partial charge on any atom is -0.493 e. The van der Waals surface area contributed by atoms with Gasteiger partial charge in [0.1, 0.15) is 5.75 Å². The third-order valence-electron chi connectivity index (χ3n) is 3.60. The molecule has 134 valence electrons. The number of nitrogens with one attached hydrogen (secondary N) is 1. The lowest BCUT2D eigenvalue weighted by atomic mass is 10.1. The third kappa shape index (κ3) is 7.70. The molecule has 0 atom stereocenters. The van der Waals surface area contributed by atoms with Crippen LogP contribution in [0.1, 0.15) is 25.1 Å². The van der Waals surface area contributed by atoms with Crippen molar-refractivity contribution in [3.63, 3.8) is 0 Å². The molecule has 0 radical (unpaired) electrons. The van der Waals surface area contributed by atoms with Crippen LogP contribution in [0.5, 0.6) is 5.75 Å². The monoisotopic (exact) mass is 340 g/mol. The summed E-state index contributed by atoms with van der Waals surface area (Å²) in [5.74, 6) is 1.93. The molecule has 0 spiro atoms. The summed E-state index contributed by atoms with van der Waals surface area (Å²) in [6, 6.07) is 14.1. The molecule has 0 unspecified atom stereocenters. The third-order valence-corrected chi connectivity index (χ3v) is 3.60. The molecule has 1 aromatic carbocycles. The fourth-order valence-corrected chi connectivity index (χ4v) is 2.24. The highest BCUT2D eigenvalue weighted by atomic mass is 16.5. The SMILES string of the molecule is CC(C)COc1ccc(CCNC(N)=NCCc2ccccn2)cc1. The van der Waals surface area contributed by atoms with E-state index in [4.69, 9.17) is 10.5 Å². The highest BCUT2D eigenvalue weighted by Crippen LogP contribution is 2.13. The van der Waals surface area contributed by atoms with E-state index in [-0.39, 0.29) is 0 Å². The van der Waals surface area contributed by atoms with E-state index in [1.807, 2.05) is 30.3 Å². The summed E-state index contributed by atoms with van der Waals surface area (Å²) < 4.78 is 5.69. The van der Waals surface area contributed by atoms with Crippen molar-refractivity contribution in [3.8, 4) is 5.75 Å². The summed E-state index contributed by atoms with van der Waals surface area (Å²) in [5, 5.41) is 3.15. The van der Waals surface area contributed by atoms with Crippen LogP contribution < -0.4 is 15.8 Å². The summed E-state index contributed by atoms with van der Waals surface area (Å²) in [6.45, 7) is 6.42. The average Bonchev–Trinajstić information content (AvgIpc) is 2.62. The van der Waals surface area contributed by atoms with Gasteiger partial charge in [0.2, 0.25) is 0 Å². The zero-order valence-electron chi connectivity index (χ0n) is 15.1. The van der Waals surface area contributed by atoms with E-state index in [2.05, 4.69) is 41.3 Å². The van der Waals surface area contributed by atoms with E-state index in [1.54, 1.807) is 6.20 Å². The summed E-state index contributed by atoms with van der Waals surface area (Å²) >= 11 is 0. The number of aliphatic imine (C=N–C) groups is 1. The minimum absolute atomic E-state index is 0.479. The first-order valence-corrected chi connectivity index (χ1v) is 8.79. The molecular formula is C20H28N4O. The van der Waals surface area contributed by atoms with Gasteiger partial charge in [0.05, 0.1) is 6.61 Å². The predicted octanol–water partition coefficient (Wildman–Crippen LogP) is 2.81. The number of rotatable bonds is 9. The maximum Gasteiger partial charge on any atom is 0.188 e. The van der Waals surface area contributed by atoms with Crippen LogP contribution in [0.2, 0.25) is 0 Å². The number of benzene rings is 1. The van der Waals surface area contributed by atoms with Gasteiger partial charge in [0, 0.05) is 31.4 Å². The Balaban J connectivity index is 1.66. The molecule has 0 aliphatic carbocycles. The van der Waals surface area contributed by atoms with Crippen LogP contribution in [0.3, 0.4) is 0 Å². The number of ether oxygens (including phenoxy) is 1. The van der Waals surface area contributed by atoms with Crippen molar-refractivity contribution in [1.29, 1.82) is 0 Å². The largest absolute Gasteiger partial charge is 0.493 e. The molecule has 3 N–H and O–H groups in total. The molecule has 0 bridgehead atoms. The Morgan fingerprint density at radius 1 is 1.16 bits per heavy atom. The highest BCUT2D eigenvalue weighted by molar-refractivity contribution is 5.77. The Hall–Kier alpha value is -2.56. The lowest BCUT2D eigenvalue weighted by Crippen LogP contribution is -2.33. The van der Waals surface area contributed by atoms with Crippen LogP contribution in [0.15, 0.2) is 53.7 Å². The molecule has 0 aliphatic heterocycles. The van der Waals surface area contributed by atoms with Gasteiger partial charge in [-0.3, -0.25) is 9.98 Å². The van der Waals surface area contributed by atoms with Crippen molar-refractivity contribution in [2.75, 3.05) is 19.7 Å². The lowest BCUT2D eigenvalue weighted by molar-refractivity contribution is 0.271. The fourth-order valence-electron chi connectivity index (χ4n) is 2.24. The smallest absolute Gasteiger partial charge is 0.188 e. The Bertz CT molecular complexity index is 639. The standard InChI is InChI=1S/C20H28N4O/c1-16(2)15-25-19-8-6-17(7-9-19)10-13-23-20(21)24-14-11-18-5-3-4-12-22-18/h3-9,12,16H,10-11,13-15H2,1-2H3,(H3,21,23,24). The van der Waals surface area contributed by atoms with E-state index in [0.29, 0.717) is 18.4 Å². The first-order valence-electron chi connectivity index (χ1n) is 8.79. The number of hydrogen-bond acceptors (Lipinski definition) is 3. The van der Waals surface area contributed by atoms with Gasteiger partial charge in [0.15, 0.2) is 5.96 Å². The quantitative estimate of drug-likeness (QED) is 0.544. The molecule has 0 saturated heterocycles. The number of nitrogens with zero attached hydrogens (tertiary/aromatic N) is 2. The van der Waals surface area contributed by atoms with Crippen LogP contribution in [0, 0.1) is 5.92 Å². The van der Waals surface area contributed by atoms with Crippen LogP contribution in [-0.2, 0) is 12.8 Å². The lowest BCUT2D eigenvalue weighted by Gasteiger charge is -2.09. The number of nitrogens with two attached hydrogens (primary N) is 1. The topological polar surface area (TPSA) is 72.5 Å². The van der Waals surface area contributed by atoms with Crippen LogP contribution in [0.25, 0.3) is 0 Å². The number of pyridine rings is 1. The van der Waals surface area contributed by atoms with Gasteiger partial charge < -0.3 is 15.8 Å². The van der Waals surface area contributed by atoms with Crippen LogP contribution in [0.4, 0.5) is 0 Å².